The molecule has 4 N–H and O–H groups in total. The molecule has 164 valence electrons. The number of pyridine rings is 1. The van der Waals surface area contributed by atoms with Gasteiger partial charge in [0.15, 0.2) is 5.82 Å². The Balaban J connectivity index is 1.93. The predicted octanol–water partition coefficient (Wildman–Crippen LogP) is 3.46. The van der Waals surface area contributed by atoms with Crippen LogP contribution >= 0.6 is 0 Å². The smallest absolute Gasteiger partial charge is 0.359 e. The van der Waals surface area contributed by atoms with Crippen LogP contribution in [0.3, 0.4) is 0 Å². The summed E-state index contributed by atoms with van der Waals surface area (Å²) in [4.78, 5) is 12.7. The zero-order valence-corrected chi connectivity index (χ0v) is 17.1. The second-order valence-corrected chi connectivity index (χ2v) is 8.21. The van der Waals surface area contributed by atoms with Crippen LogP contribution in [-0.2, 0) is 10.0 Å². The fourth-order valence-electron chi connectivity index (χ4n) is 2.74. The summed E-state index contributed by atoms with van der Waals surface area (Å²) >= 11 is 0. The number of rotatable bonds is 7. The van der Waals surface area contributed by atoms with E-state index < -0.39 is 22.7 Å². The van der Waals surface area contributed by atoms with Crippen molar-refractivity contribution in [2.45, 2.75) is 24.0 Å². The molecule has 2 heterocycles. The zero-order chi connectivity index (χ0) is 22.8. The van der Waals surface area contributed by atoms with Crippen molar-refractivity contribution in [1.82, 2.24) is 15.0 Å². The van der Waals surface area contributed by atoms with Crippen LogP contribution < -0.4 is 15.8 Å². The van der Waals surface area contributed by atoms with Crippen LogP contribution in [0.5, 0.6) is 0 Å². The topological polar surface area (TPSA) is 123 Å². The van der Waals surface area contributed by atoms with Crippen molar-refractivity contribution in [3.05, 3.63) is 54.2 Å². The lowest BCUT2D eigenvalue weighted by molar-refractivity contribution is -0.115. The number of benzene rings is 1. The highest BCUT2D eigenvalue weighted by molar-refractivity contribution is 7.89. The Bertz CT molecular complexity index is 1210. The molecule has 1 aromatic carbocycles. The summed E-state index contributed by atoms with van der Waals surface area (Å²) < 4.78 is 61.0. The number of anilines is 2. The van der Waals surface area contributed by atoms with Crippen LogP contribution in [0.25, 0.3) is 17.1 Å². The standard InChI is InChI=1S/C19H19F3N6O2S/c1-3-13-6-9-15-16(26-13)17(24-10-19(20,21)22)28-18(27-15)25-11(2)12-4-7-14(8-5-12)31(23,29)30/h3-9,11H,1,10H2,2H3,(H2,23,29,30)(H2,24,25,27,28). The lowest BCUT2D eigenvalue weighted by Crippen LogP contribution is -2.22. The molecule has 0 spiro atoms. The highest BCUT2D eigenvalue weighted by atomic mass is 32.2. The van der Waals surface area contributed by atoms with E-state index in [0.29, 0.717) is 16.8 Å². The van der Waals surface area contributed by atoms with Gasteiger partial charge >= 0.3 is 6.18 Å². The first-order chi connectivity index (χ1) is 14.5. The molecule has 3 aromatic rings. The maximum absolute atomic E-state index is 12.7. The number of nitrogens with zero attached hydrogens (tertiary/aromatic N) is 3. The molecule has 3 rings (SSSR count). The number of nitrogens with two attached hydrogens (primary N) is 1. The monoisotopic (exact) mass is 452 g/mol. The molecule has 0 fully saturated rings. The van der Waals surface area contributed by atoms with Gasteiger partial charge in [0.2, 0.25) is 16.0 Å². The van der Waals surface area contributed by atoms with Gasteiger partial charge in [0.1, 0.15) is 12.1 Å². The lowest BCUT2D eigenvalue weighted by Gasteiger charge is -2.17. The van der Waals surface area contributed by atoms with Gasteiger partial charge in [0.05, 0.1) is 22.1 Å². The molecule has 0 saturated carbocycles. The lowest BCUT2D eigenvalue weighted by atomic mass is 10.1. The SMILES string of the molecule is C=Cc1ccc2nc(NC(C)c3ccc(S(N)(=O)=O)cc3)nc(NCC(F)(F)F)c2n1. The summed E-state index contributed by atoms with van der Waals surface area (Å²) in [6.07, 6.45) is -2.98. The second-order valence-electron chi connectivity index (χ2n) is 6.65. The molecule has 8 nitrogen and oxygen atoms in total. The van der Waals surface area contributed by atoms with Gasteiger partial charge in [-0.05, 0) is 42.8 Å². The van der Waals surface area contributed by atoms with Crippen LogP contribution in [0, 0.1) is 0 Å². The van der Waals surface area contributed by atoms with Crippen molar-refractivity contribution in [2.24, 2.45) is 5.14 Å². The van der Waals surface area contributed by atoms with Crippen LogP contribution in [-0.4, -0.2) is 36.1 Å². The van der Waals surface area contributed by atoms with E-state index in [4.69, 9.17) is 5.14 Å². The minimum absolute atomic E-state index is 0.0341. The summed E-state index contributed by atoms with van der Waals surface area (Å²) in [7, 11) is -3.82. The van der Waals surface area contributed by atoms with Crippen molar-refractivity contribution in [2.75, 3.05) is 17.2 Å². The van der Waals surface area contributed by atoms with Crippen LogP contribution in [0.2, 0.25) is 0 Å². The average Bonchev–Trinajstić information content (AvgIpc) is 2.70. The normalized spacial score (nSPS) is 13.1. The number of fused-ring (bicyclic) bond motifs is 1. The van der Waals surface area contributed by atoms with Gasteiger partial charge in [0, 0.05) is 0 Å². The molecule has 0 bridgehead atoms. The first-order valence-corrected chi connectivity index (χ1v) is 10.5. The first-order valence-electron chi connectivity index (χ1n) is 8.97. The van der Waals surface area contributed by atoms with Crippen LogP contribution in [0.1, 0.15) is 24.2 Å². The molecule has 2 aromatic heterocycles. The van der Waals surface area contributed by atoms with Crippen molar-refractivity contribution >= 4 is 38.9 Å². The third-order valence-corrected chi connectivity index (χ3v) is 5.21. The van der Waals surface area contributed by atoms with Crippen LogP contribution in [0.4, 0.5) is 24.9 Å². The maximum Gasteiger partial charge on any atom is 0.405 e. The van der Waals surface area contributed by atoms with E-state index in [-0.39, 0.29) is 28.2 Å². The van der Waals surface area contributed by atoms with Gasteiger partial charge in [0.25, 0.3) is 0 Å². The van der Waals surface area contributed by atoms with Crippen molar-refractivity contribution < 1.29 is 21.6 Å². The minimum atomic E-state index is -4.45. The fourth-order valence-corrected chi connectivity index (χ4v) is 3.25. The van der Waals surface area contributed by atoms with E-state index in [9.17, 15) is 21.6 Å². The highest BCUT2D eigenvalue weighted by Gasteiger charge is 2.27. The van der Waals surface area contributed by atoms with E-state index >= 15 is 0 Å². The Morgan fingerprint density at radius 1 is 1.13 bits per heavy atom. The molecule has 0 saturated heterocycles. The highest BCUT2D eigenvalue weighted by Crippen LogP contribution is 2.25. The Morgan fingerprint density at radius 2 is 1.81 bits per heavy atom. The average molecular weight is 452 g/mol. The van der Waals surface area contributed by atoms with Gasteiger partial charge in [-0.2, -0.15) is 18.2 Å². The van der Waals surface area contributed by atoms with Gasteiger partial charge < -0.3 is 10.6 Å². The quantitative estimate of drug-likeness (QED) is 0.502. The molecule has 0 radical (unpaired) electrons. The van der Waals surface area contributed by atoms with Crippen LogP contribution in [0.15, 0.2) is 47.9 Å². The largest absolute Gasteiger partial charge is 0.405 e. The number of halogens is 3. The third-order valence-electron chi connectivity index (χ3n) is 4.28. The molecule has 0 aliphatic rings. The summed E-state index contributed by atoms with van der Waals surface area (Å²) in [6, 6.07) is 8.72. The van der Waals surface area contributed by atoms with E-state index in [1.807, 2.05) is 0 Å². The zero-order valence-electron chi connectivity index (χ0n) is 16.3. The Labute approximate surface area is 176 Å². The first kappa shape index (κ1) is 22.4. The third kappa shape index (κ3) is 5.67. The van der Waals surface area contributed by atoms with Crippen molar-refractivity contribution in [3.63, 3.8) is 0 Å². The molecule has 0 aliphatic carbocycles. The molecule has 1 atom stereocenters. The molecular weight excluding hydrogens is 433 g/mol. The predicted molar refractivity (Wildman–Crippen MR) is 112 cm³/mol. The summed E-state index contributed by atoms with van der Waals surface area (Å²) in [5, 5.41) is 10.4. The second kappa shape index (κ2) is 8.47. The number of hydrogen-bond donors (Lipinski definition) is 3. The summed E-state index contributed by atoms with van der Waals surface area (Å²) in [5.74, 6) is -0.00125. The maximum atomic E-state index is 12.7. The van der Waals surface area contributed by atoms with Gasteiger partial charge in [-0.15, -0.1) is 0 Å². The Kier molecular flexibility index (Phi) is 6.13. The fraction of sp³-hybridized carbons (Fsp3) is 0.211. The molecule has 0 aliphatic heterocycles. The van der Waals surface area contributed by atoms with Gasteiger partial charge in [-0.1, -0.05) is 18.7 Å². The minimum Gasteiger partial charge on any atom is -0.359 e. The molecule has 1 unspecified atom stereocenters. The molecule has 0 amide bonds. The molecule has 12 heteroatoms. The number of alkyl halides is 3. The van der Waals surface area contributed by atoms with E-state index in [1.54, 1.807) is 31.2 Å². The summed E-state index contributed by atoms with van der Waals surface area (Å²) in [6.45, 7) is 4.08. The number of hydrogen-bond acceptors (Lipinski definition) is 7. The number of aromatic nitrogens is 3. The van der Waals surface area contributed by atoms with Gasteiger partial charge in [-0.25, -0.2) is 23.5 Å². The van der Waals surface area contributed by atoms with E-state index in [0.717, 1.165) is 0 Å². The summed E-state index contributed by atoms with van der Waals surface area (Å²) in [5.41, 5.74) is 1.68. The molecular formula is C19H19F3N6O2S. The van der Waals surface area contributed by atoms with Gasteiger partial charge in [-0.3, -0.25) is 0 Å². The molecule has 31 heavy (non-hydrogen) atoms. The Hall–Kier alpha value is -3.25. The number of sulfonamides is 1. The Morgan fingerprint density at radius 3 is 2.39 bits per heavy atom. The van der Waals surface area contributed by atoms with E-state index in [2.05, 4.69) is 32.2 Å². The van der Waals surface area contributed by atoms with E-state index in [1.165, 1.54) is 18.2 Å². The van der Waals surface area contributed by atoms with Crippen molar-refractivity contribution in [3.8, 4) is 0 Å². The number of nitrogens with one attached hydrogen (secondary N) is 2. The van der Waals surface area contributed by atoms with Crippen molar-refractivity contribution in [1.29, 1.82) is 0 Å². The number of primary sulfonamides is 1.